The molecule has 1 aliphatic heterocycles. The molecular formula is C28H27N3O5S. The number of nitrogens with zero attached hydrogens (tertiary/aromatic N) is 2. The van der Waals surface area contributed by atoms with E-state index in [-0.39, 0.29) is 23.5 Å². The van der Waals surface area contributed by atoms with Gasteiger partial charge in [0, 0.05) is 13.1 Å². The minimum absolute atomic E-state index is 0.258. The summed E-state index contributed by atoms with van der Waals surface area (Å²) in [4.78, 5) is 28.3. The lowest BCUT2D eigenvalue weighted by molar-refractivity contribution is -0.121. The van der Waals surface area contributed by atoms with Crippen LogP contribution in [0.3, 0.4) is 0 Å². The molecule has 0 saturated carbocycles. The number of aromatic nitrogens is 2. The molecule has 8 nitrogen and oxygen atoms in total. The normalized spacial score (nSPS) is 17.3. The first-order chi connectivity index (χ1) is 17.6. The fraction of sp³-hybridized carbons (Fsp3) is 0.250. The highest BCUT2D eigenvalue weighted by Crippen LogP contribution is 2.35. The second-order valence-electron chi connectivity index (χ2n) is 9.43. The first kappa shape index (κ1) is 24.7. The highest BCUT2D eigenvalue weighted by molar-refractivity contribution is 8.16. The number of aromatic hydroxyl groups is 1. The largest absolute Gasteiger partial charge is 0.507 e. The first-order valence-electron chi connectivity index (χ1n) is 11.8. The van der Waals surface area contributed by atoms with Crippen molar-refractivity contribution in [1.29, 1.82) is 0 Å². The number of carbonyl (C=O) groups excluding carboxylic acids is 2. The van der Waals surface area contributed by atoms with Gasteiger partial charge in [-0.15, -0.1) is 0 Å². The lowest BCUT2D eigenvalue weighted by Crippen LogP contribution is -2.35. The van der Waals surface area contributed by atoms with Gasteiger partial charge < -0.3 is 19.1 Å². The maximum Gasteiger partial charge on any atom is 0.286 e. The second-order valence-corrected chi connectivity index (χ2v) is 10.9. The predicted octanol–water partition coefficient (Wildman–Crippen LogP) is 5.55. The maximum absolute atomic E-state index is 12.1. The van der Waals surface area contributed by atoms with Crippen LogP contribution in [0.15, 0.2) is 54.6 Å². The summed E-state index contributed by atoms with van der Waals surface area (Å²) in [7, 11) is 1.93. The Kier molecular flexibility index (Phi) is 6.33. The third kappa shape index (κ3) is 4.99. The molecule has 3 aromatic carbocycles. The van der Waals surface area contributed by atoms with Gasteiger partial charge in [-0.1, -0.05) is 12.1 Å². The number of imidazole rings is 1. The maximum atomic E-state index is 12.1. The van der Waals surface area contributed by atoms with Crippen molar-refractivity contribution in [3.63, 3.8) is 0 Å². The highest BCUT2D eigenvalue weighted by Gasteiger charge is 2.43. The highest BCUT2D eigenvalue weighted by atomic mass is 32.2. The molecule has 0 bridgehead atoms. The zero-order valence-corrected chi connectivity index (χ0v) is 21.8. The van der Waals surface area contributed by atoms with Gasteiger partial charge in [0.05, 0.1) is 11.0 Å². The van der Waals surface area contributed by atoms with E-state index in [4.69, 9.17) is 14.5 Å². The molecule has 1 saturated heterocycles. The summed E-state index contributed by atoms with van der Waals surface area (Å²) >= 11 is 1.03. The van der Waals surface area contributed by atoms with E-state index in [9.17, 15) is 14.7 Å². The van der Waals surface area contributed by atoms with Crippen LogP contribution in [0.5, 0.6) is 23.0 Å². The number of imide groups is 1. The fourth-order valence-electron chi connectivity index (χ4n) is 4.38. The van der Waals surface area contributed by atoms with Gasteiger partial charge in [0.15, 0.2) is 0 Å². The van der Waals surface area contributed by atoms with Crippen LogP contribution in [0, 0.1) is 13.8 Å². The number of fused-ring (bicyclic) bond motifs is 1. The molecule has 1 atom stereocenters. The molecule has 190 valence electrons. The average molecular weight is 518 g/mol. The van der Waals surface area contributed by atoms with Crippen LogP contribution >= 0.6 is 11.8 Å². The van der Waals surface area contributed by atoms with Gasteiger partial charge in [-0.05, 0) is 92.0 Å². The van der Waals surface area contributed by atoms with E-state index in [1.165, 1.54) is 0 Å². The van der Waals surface area contributed by atoms with Crippen molar-refractivity contribution in [3.8, 4) is 23.0 Å². The summed E-state index contributed by atoms with van der Waals surface area (Å²) in [5.74, 6) is 2.80. The number of nitrogens with one attached hydrogen (secondary N) is 1. The van der Waals surface area contributed by atoms with E-state index in [0.29, 0.717) is 23.7 Å². The number of benzene rings is 3. The van der Waals surface area contributed by atoms with Crippen molar-refractivity contribution < 1.29 is 24.2 Å². The molecule has 37 heavy (non-hydrogen) atoms. The van der Waals surface area contributed by atoms with Crippen LogP contribution in [0.25, 0.3) is 11.0 Å². The van der Waals surface area contributed by atoms with Crippen LogP contribution in [-0.4, -0.2) is 30.6 Å². The van der Waals surface area contributed by atoms with Crippen LogP contribution in [0.4, 0.5) is 4.79 Å². The molecule has 2 amide bonds. The van der Waals surface area contributed by atoms with Crippen LogP contribution in [0.2, 0.25) is 0 Å². The van der Waals surface area contributed by atoms with Crippen LogP contribution < -0.4 is 14.8 Å². The number of rotatable bonds is 7. The Morgan fingerprint density at radius 1 is 1.00 bits per heavy atom. The molecule has 0 radical (unpaired) electrons. The van der Waals surface area contributed by atoms with E-state index in [0.717, 1.165) is 45.3 Å². The summed E-state index contributed by atoms with van der Waals surface area (Å²) in [6.07, 6.45) is 0.452. The van der Waals surface area contributed by atoms with E-state index in [1.807, 2.05) is 80.1 Å². The van der Waals surface area contributed by atoms with Crippen molar-refractivity contribution in [2.75, 3.05) is 0 Å². The average Bonchev–Trinajstić information content (AvgIpc) is 3.30. The molecule has 5 rings (SSSR count). The summed E-state index contributed by atoms with van der Waals surface area (Å²) in [5, 5.41) is 12.0. The topological polar surface area (TPSA) is 103 Å². The summed E-state index contributed by atoms with van der Waals surface area (Å²) in [6, 6.07) is 16.8. The molecular weight excluding hydrogens is 490 g/mol. The molecule has 4 aromatic rings. The number of phenolic OH excluding ortho intramolecular Hbond substituents is 1. The summed E-state index contributed by atoms with van der Waals surface area (Å²) < 4.78 is 13.2. The SMILES string of the molecule is Cc1cc(Oc2ccc3nc(COc4ccc(CC5(C)SC(=O)NC5=O)cc4)n(C)c3c2)cc(C)c1O. The summed E-state index contributed by atoms with van der Waals surface area (Å²) in [6.45, 7) is 5.74. The number of ether oxygens (including phenoxy) is 2. The fourth-order valence-corrected chi connectivity index (χ4v) is 5.32. The molecule has 2 N–H and O–H groups in total. The second kappa shape index (κ2) is 9.48. The zero-order valence-electron chi connectivity index (χ0n) is 21.0. The van der Waals surface area contributed by atoms with Gasteiger partial charge >= 0.3 is 0 Å². The number of hydrogen-bond acceptors (Lipinski definition) is 7. The zero-order chi connectivity index (χ0) is 26.3. The molecule has 1 unspecified atom stereocenters. The smallest absolute Gasteiger partial charge is 0.286 e. The van der Waals surface area contributed by atoms with Gasteiger partial charge in [-0.25, -0.2) is 4.98 Å². The summed E-state index contributed by atoms with van der Waals surface area (Å²) in [5.41, 5.74) is 4.21. The predicted molar refractivity (Wildman–Crippen MR) is 142 cm³/mol. The lowest BCUT2D eigenvalue weighted by atomic mass is 9.99. The Labute approximate surface area is 218 Å². The minimum Gasteiger partial charge on any atom is -0.507 e. The molecule has 0 spiro atoms. The standard InChI is InChI=1S/C28H27N3O5S/c1-16-11-21(12-17(2)25(16)32)36-20-9-10-22-23(13-20)31(4)24(29-22)15-35-19-7-5-18(6-8-19)14-28(3)26(33)30-27(34)37-28/h5-13,32H,14-15H2,1-4H3,(H,30,33,34). The van der Waals surface area contributed by atoms with Gasteiger partial charge in [-0.3, -0.25) is 14.9 Å². The Balaban J connectivity index is 1.26. The lowest BCUT2D eigenvalue weighted by Gasteiger charge is -2.18. The molecule has 1 fully saturated rings. The quantitative estimate of drug-likeness (QED) is 0.331. The number of phenols is 1. The van der Waals surface area contributed by atoms with Crippen molar-refractivity contribution >= 4 is 33.9 Å². The molecule has 1 aromatic heterocycles. The third-order valence-corrected chi connectivity index (χ3v) is 7.56. The van der Waals surface area contributed by atoms with Gasteiger partial charge in [0.25, 0.3) is 5.24 Å². The first-order valence-corrected chi connectivity index (χ1v) is 12.6. The Morgan fingerprint density at radius 2 is 1.68 bits per heavy atom. The minimum atomic E-state index is -0.797. The van der Waals surface area contributed by atoms with E-state index in [2.05, 4.69) is 5.32 Å². The van der Waals surface area contributed by atoms with E-state index >= 15 is 0 Å². The molecule has 0 aliphatic carbocycles. The number of aryl methyl sites for hydroxylation is 3. The number of hydrogen-bond donors (Lipinski definition) is 2. The van der Waals surface area contributed by atoms with Crippen molar-refractivity contribution in [2.24, 2.45) is 7.05 Å². The van der Waals surface area contributed by atoms with Gasteiger partial charge in [0.2, 0.25) is 5.91 Å². The third-order valence-electron chi connectivity index (χ3n) is 6.49. The Morgan fingerprint density at radius 3 is 2.32 bits per heavy atom. The van der Waals surface area contributed by atoms with E-state index in [1.54, 1.807) is 6.92 Å². The Bertz CT molecular complexity index is 1510. The van der Waals surface area contributed by atoms with Crippen molar-refractivity contribution in [3.05, 3.63) is 77.1 Å². The monoisotopic (exact) mass is 517 g/mol. The van der Waals surface area contributed by atoms with Crippen LogP contribution in [-0.2, 0) is 24.9 Å². The van der Waals surface area contributed by atoms with Crippen LogP contribution in [0.1, 0.15) is 29.4 Å². The number of amides is 2. The van der Waals surface area contributed by atoms with E-state index < -0.39 is 4.75 Å². The van der Waals surface area contributed by atoms with Gasteiger partial charge in [0.1, 0.15) is 40.2 Å². The van der Waals surface area contributed by atoms with Gasteiger partial charge in [-0.2, -0.15) is 0 Å². The molecule has 1 aliphatic rings. The molecule has 9 heteroatoms. The molecule has 2 heterocycles. The number of carbonyl (C=O) groups is 2. The number of thioether (sulfide) groups is 1. The van der Waals surface area contributed by atoms with Crippen molar-refractivity contribution in [2.45, 2.75) is 38.5 Å². The van der Waals surface area contributed by atoms with Crippen molar-refractivity contribution in [1.82, 2.24) is 14.9 Å². The Hall–Kier alpha value is -3.98.